The monoisotopic (exact) mass is 601 g/mol. The van der Waals surface area contributed by atoms with Gasteiger partial charge in [0.05, 0.1) is 12.3 Å². The Morgan fingerprint density at radius 1 is 1.00 bits per heavy atom. The molecule has 3 atom stereocenters. The number of pyridine rings is 1. The molecular weight excluding hydrogens is 558 g/mol. The van der Waals surface area contributed by atoms with Crippen LogP contribution in [0.25, 0.3) is 22.6 Å². The summed E-state index contributed by atoms with van der Waals surface area (Å²) in [5.41, 5.74) is 2.63. The number of aromatic nitrogens is 5. The second-order valence-corrected chi connectivity index (χ2v) is 12.4. The highest BCUT2D eigenvalue weighted by molar-refractivity contribution is 5.78. The third kappa shape index (κ3) is 6.10. The van der Waals surface area contributed by atoms with Gasteiger partial charge in [-0.05, 0) is 76.8 Å². The first-order valence-electron chi connectivity index (χ1n) is 16.0. The number of aryl methyl sites for hydroxylation is 1. The van der Waals surface area contributed by atoms with Gasteiger partial charge in [0.25, 0.3) is 5.56 Å². The fourth-order valence-electron chi connectivity index (χ4n) is 6.13. The summed E-state index contributed by atoms with van der Waals surface area (Å²) in [6, 6.07) is 13.6. The minimum atomic E-state index is -0.365. The van der Waals surface area contributed by atoms with Crippen LogP contribution in [0.2, 0.25) is 0 Å². The summed E-state index contributed by atoms with van der Waals surface area (Å²) in [6.45, 7) is 9.78. The average Bonchev–Trinajstić information content (AvgIpc) is 3.37. The van der Waals surface area contributed by atoms with Crippen molar-refractivity contribution in [3.63, 3.8) is 0 Å². The number of benzene rings is 1. The number of ether oxygens (including phenoxy) is 3. The van der Waals surface area contributed by atoms with Crippen LogP contribution in [0.1, 0.15) is 76.6 Å². The zero-order valence-electron chi connectivity index (χ0n) is 26.2. The molecule has 6 rings (SSSR count). The lowest BCUT2D eigenvalue weighted by Gasteiger charge is -2.33. The minimum absolute atomic E-state index is 0.190. The van der Waals surface area contributed by atoms with Gasteiger partial charge in [-0.25, -0.2) is 14.8 Å². The molecule has 2 fully saturated rings. The van der Waals surface area contributed by atoms with E-state index in [-0.39, 0.29) is 36.2 Å². The molecule has 0 spiro atoms. The highest BCUT2D eigenvalue weighted by Crippen LogP contribution is 2.32. The van der Waals surface area contributed by atoms with Crippen LogP contribution in [0, 0.1) is 12.8 Å². The van der Waals surface area contributed by atoms with E-state index in [0.717, 1.165) is 42.5 Å². The highest BCUT2D eigenvalue weighted by Gasteiger charge is 2.29. The van der Waals surface area contributed by atoms with Gasteiger partial charge in [0.2, 0.25) is 5.88 Å². The molecule has 0 radical (unpaired) electrons. The van der Waals surface area contributed by atoms with Gasteiger partial charge in [0, 0.05) is 37.4 Å². The number of imidazole rings is 1. The Labute approximate surface area is 257 Å². The van der Waals surface area contributed by atoms with Crippen molar-refractivity contribution >= 4 is 11.2 Å². The van der Waals surface area contributed by atoms with Crippen molar-refractivity contribution in [2.24, 2.45) is 5.92 Å². The van der Waals surface area contributed by atoms with E-state index in [0.29, 0.717) is 55.0 Å². The lowest BCUT2D eigenvalue weighted by molar-refractivity contribution is -0.163. The Morgan fingerprint density at radius 2 is 1.82 bits per heavy atom. The topological polar surface area (TPSA) is 102 Å². The van der Waals surface area contributed by atoms with Crippen LogP contribution in [-0.2, 0) is 22.6 Å². The van der Waals surface area contributed by atoms with Crippen molar-refractivity contribution in [1.82, 2.24) is 23.7 Å². The zero-order chi connectivity index (χ0) is 30.8. The first-order chi connectivity index (χ1) is 21.3. The highest BCUT2D eigenvalue weighted by atomic mass is 16.7. The molecule has 0 amide bonds. The van der Waals surface area contributed by atoms with Gasteiger partial charge >= 0.3 is 5.69 Å². The molecular formula is C34H43N5O5. The number of rotatable bonds is 11. The van der Waals surface area contributed by atoms with E-state index in [1.54, 1.807) is 4.57 Å². The number of hydrogen-bond acceptors (Lipinski definition) is 7. The Kier molecular flexibility index (Phi) is 9.00. The van der Waals surface area contributed by atoms with Crippen LogP contribution < -0.4 is 16.0 Å². The van der Waals surface area contributed by atoms with E-state index in [9.17, 15) is 9.59 Å². The zero-order valence-corrected chi connectivity index (χ0v) is 26.2. The van der Waals surface area contributed by atoms with Crippen molar-refractivity contribution in [2.75, 3.05) is 13.2 Å². The molecule has 0 N–H and O–H groups in total. The quantitative estimate of drug-likeness (QED) is 0.210. The van der Waals surface area contributed by atoms with Crippen LogP contribution in [-0.4, -0.2) is 49.3 Å². The van der Waals surface area contributed by atoms with Gasteiger partial charge in [0.15, 0.2) is 17.5 Å². The predicted molar refractivity (Wildman–Crippen MR) is 169 cm³/mol. The molecule has 2 aliphatic rings. The number of nitrogens with zero attached hydrogens (tertiary/aromatic N) is 5. The molecule has 1 aliphatic heterocycles. The number of hydrogen-bond donors (Lipinski definition) is 0. The first kappa shape index (κ1) is 30.3. The molecule has 234 valence electrons. The van der Waals surface area contributed by atoms with Gasteiger partial charge in [0.1, 0.15) is 11.9 Å². The summed E-state index contributed by atoms with van der Waals surface area (Å²) in [4.78, 5) is 37.8. The maximum Gasteiger partial charge on any atom is 0.332 e. The first-order valence-corrected chi connectivity index (χ1v) is 16.0. The van der Waals surface area contributed by atoms with Crippen LogP contribution in [0.4, 0.5) is 0 Å². The van der Waals surface area contributed by atoms with Crippen LogP contribution in [0.15, 0.2) is 52.1 Å². The molecule has 1 saturated heterocycles. The van der Waals surface area contributed by atoms with E-state index in [1.807, 2.05) is 67.8 Å². The summed E-state index contributed by atoms with van der Waals surface area (Å²) in [6.07, 6.45) is 5.70. The Bertz CT molecular complexity index is 1720. The number of fused-ring (bicyclic) bond motifs is 1. The summed E-state index contributed by atoms with van der Waals surface area (Å²) >= 11 is 0. The summed E-state index contributed by atoms with van der Waals surface area (Å²) in [5, 5.41) is 0. The van der Waals surface area contributed by atoms with Crippen molar-refractivity contribution in [1.29, 1.82) is 0 Å². The lowest BCUT2D eigenvalue weighted by Crippen LogP contribution is -2.41. The maximum absolute atomic E-state index is 14.2. The van der Waals surface area contributed by atoms with Crippen LogP contribution in [0.3, 0.4) is 0 Å². The molecule has 10 nitrogen and oxygen atoms in total. The summed E-state index contributed by atoms with van der Waals surface area (Å²) in [7, 11) is 0. The van der Waals surface area contributed by atoms with Crippen molar-refractivity contribution in [2.45, 2.75) is 97.7 Å². The Morgan fingerprint density at radius 3 is 2.48 bits per heavy atom. The SMILES string of the molecule is Cc1nc(OC2CCC2C)ccc1-c1nc2c(c(=O)n(CCCOC3CCCCO3)c(=O)n2C(C)C)n1Cc1ccccc1. The van der Waals surface area contributed by atoms with Gasteiger partial charge in [-0.15, -0.1) is 0 Å². The maximum atomic E-state index is 14.2. The molecule has 1 aromatic carbocycles. The fourth-order valence-corrected chi connectivity index (χ4v) is 6.13. The predicted octanol–water partition coefficient (Wildman–Crippen LogP) is 5.47. The van der Waals surface area contributed by atoms with Gasteiger partial charge in [-0.1, -0.05) is 37.3 Å². The second kappa shape index (κ2) is 13.1. The molecule has 1 saturated carbocycles. The molecule has 44 heavy (non-hydrogen) atoms. The molecule has 4 heterocycles. The Balaban J connectivity index is 1.42. The molecule has 10 heteroatoms. The van der Waals surface area contributed by atoms with Crippen LogP contribution in [0.5, 0.6) is 5.88 Å². The van der Waals surface area contributed by atoms with E-state index in [4.69, 9.17) is 24.2 Å². The van der Waals surface area contributed by atoms with E-state index in [1.165, 1.54) is 11.0 Å². The fraction of sp³-hybridized carbons (Fsp3) is 0.529. The Hall–Kier alpha value is -3.76. The van der Waals surface area contributed by atoms with Gasteiger partial charge in [-0.3, -0.25) is 13.9 Å². The second-order valence-electron chi connectivity index (χ2n) is 12.4. The van der Waals surface area contributed by atoms with E-state index in [2.05, 4.69) is 6.92 Å². The minimum Gasteiger partial charge on any atom is -0.474 e. The summed E-state index contributed by atoms with van der Waals surface area (Å²) in [5.74, 6) is 1.71. The third-order valence-electron chi connectivity index (χ3n) is 8.84. The van der Waals surface area contributed by atoms with Crippen molar-refractivity contribution in [3.05, 3.63) is 74.6 Å². The van der Waals surface area contributed by atoms with Gasteiger partial charge < -0.3 is 18.8 Å². The largest absolute Gasteiger partial charge is 0.474 e. The molecule has 0 bridgehead atoms. The molecule has 4 aromatic rings. The standard InChI is InChI=1S/C34H43N5O5/c1-22(2)39-32-30(33(40)37(34(39)41)18-10-20-43-29-13-8-9-19-42-29)38(21-25-11-6-5-7-12-25)31(36-32)26-15-17-28(35-24(26)4)44-27-16-14-23(27)3/h5-7,11-12,15,17,22-23,27,29H,8-10,13-14,16,18-21H2,1-4H3. The molecule has 3 aromatic heterocycles. The normalized spacial score (nSPS) is 20.2. The summed E-state index contributed by atoms with van der Waals surface area (Å²) < 4.78 is 22.6. The smallest absolute Gasteiger partial charge is 0.332 e. The molecule has 3 unspecified atom stereocenters. The van der Waals surface area contributed by atoms with Gasteiger partial charge in [-0.2, -0.15) is 0 Å². The average molecular weight is 602 g/mol. The van der Waals surface area contributed by atoms with E-state index >= 15 is 0 Å². The molecule has 1 aliphatic carbocycles. The van der Waals surface area contributed by atoms with Crippen molar-refractivity contribution < 1.29 is 14.2 Å². The van der Waals surface area contributed by atoms with Crippen LogP contribution >= 0.6 is 0 Å². The third-order valence-corrected chi connectivity index (χ3v) is 8.84. The lowest BCUT2D eigenvalue weighted by atomic mass is 9.84. The van der Waals surface area contributed by atoms with Crippen molar-refractivity contribution in [3.8, 4) is 17.3 Å². The van der Waals surface area contributed by atoms with E-state index < -0.39 is 0 Å².